The van der Waals surface area contributed by atoms with Crippen LogP contribution in [0.5, 0.6) is 0 Å². The summed E-state index contributed by atoms with van der Waals surface area (Å²) in [5, 5.41) is 0. The van der Waals surface area contributed by atoms with Crippen LogP contribution in [-0.4, -0.2) is 61.6 Å². The normalized spacial score (nSPS) is 11.4. The molecule has 0 spiro atoms. The summed E-state index contributed by atoms with van der Waals surface area (Å²) < 4.78 is 47.6. The van der Waals surface area contributed by atoms with Gasteiger partial charge in [0, 0.05) is 11.1 Å². The number of hydrogen-bond donors (Lipinski definition) is 0. The maximum Gasteiger partial charge on any atom is 0.334 e. The molecule has 0 unspecified atom stereocenters. The maximum absolute atomic E-state index is 12.6. The van der Waals surface area contributed by atoms with Crippen LogP contribution >= 0.6 is 0 Å². The van der Waals surface area contributed by atoms with Gasteiger partial charge in [0.15, 0.2) is 0 Å². The predicted molar refractivity (Wildman–Crippen MR) is 105 cm³/mol. The van der Waals surface area contributed by atoms with Crippen molar-refractivity contribution in [3.05, 3.63) is 71.8 Å². The topological polar surface area (TPSA) is 143 Å². The molecule has 0 saturated carbocycles. The van der Waals surface area contributed by atoms with E-state index in [1.165, 1.54) is 60.7 Å². The van der Waals surface area contributed by atoms with Crippen molar-refractivity contribution in [3.8, 4) is 0 Å². The fourth-order valence-electron chi connectivity index (χ4n) is 2.36. The molecule has 0 atom stereocenters. The first-order valence-corrected chi connectivity index (χ1v) is 11.8. The molecule has 0 aromatic heterocycles. The molecule has 158 valence electrons. The Morgan fingerprint density at radius 1 is 0.567 bits per heavy atom. The lowest BCUT2D eigenvalue weighted by Gasteiger charge is -2.22. The number of carbonyl (C=O) groups excluding carboxylic acids is 4. The molecule has 2 aromatic rings. The largest absolute Gasteiger partial charge is 0.334 e. The van der Waals surface area contributed by atoms with Crippen molar-refractivity contribution in [2.45, 2.75) is 0 Å². The molecule has 10 nitrogen and oxygen atoms in total. The lowest BCUT2D eigenvalue weighted by molar-refractivity contribution is -0.144. The van der Waals surface area contributed by atoms with Gasteiger partial charge < -0.3 is 0 Å². The Labute approximate surface area is 172 Å². The summed E-state index contributed by atoms with van der Waals surface area (Å²) in [5.74, 6) is -6.78. The second-order valence-electron chi connectivity index (χ2n) is 6.01. The minimum atomic E-state index is -4.65. The van der Waals surface area contributed by atoms with Gasteiger partial charge in [-0.1, -0.05) is 36.4 Å². The van der Waals surface area contributed by atoms with E-state index in [2.05, 4.69) is 0 Å². The number of hydrogen-bond acceptors (Lipinski definition) is 8. The van der Waals surface area contributed by atoms with Crippen molar-refractivity contribution >= 4 is 43.7 Å². The van der Waals surface area contributed by atoms with Gasteiger partial charge in [0.25, 0.3) is 11.8 Å². The first-order chi connectivity index (χ1) is 13.9. The zero-order valence-electron chi connectivity index (χ0n) is 15.8. The Morgan fingerprint density at radius 2 is 0.833 bits per heavy atom. The van der Waals surface area contributed by atoms with Gasteiger partial charge in [-0.25, -0.2) is 16.8 Å². The van der Waals surface area contributed by atoms with Gasteiger partial charge in [0.2, 0.25) is 20.0 Å². The van der Waals surface area contributed by atoms with Crippen molar-refractivity contribution in [3.63, 3.8) is 0 Å². The van der Waals surface area contributed by atoms with Gasteiger partial charge in [0.1, 0.15) is 0 Å². The maximum atomic E-state index is 12.6. The molecule has 4 amide bonds. The summed E-state index contributed by atoms with van der Waals surface area (Å²) in [6, 6.07) is 13.4. The van der Waals surface area contributed by atoms with Gasteiger partial charge >= 0.3 is 11.8 Å². The molecular formula is C18H16N2O8S2. The van der Waals surface area contributed by atoms with Crippen LogP contribution < -0.4 is 0 Å². The van der Waals surface area contributed by atoms with Gasteiger partial charge in [0.05, 0.1) is 12.5 Å². The van der Waals surface area contributed by atoms with Crippen LogP contribution in [0.2, 0.25) is 0 Å². The first kappa shape index (κ1) is 22.9. The number of carbonyl (C=O) groups is 4. The summed E-state index contributed by atoms with van der Waals surface area (Å²) >= 11 is 0. The summed E-state index contributed by atoms with van der Waals surface area (Å²) in [7, 11) is -9.29. The highest BCUT2D eigenvalue weighted by atomic mass is 32.2. The molecule has 2 aromatic carbocycles. The van der Waals surface area contributed by atoms with Crippen molar-refractivity contribution in [2.75, 3.05) is 12.5 Å². The van der Waals surface area contributed by atoms with Crippen molar-refractivity contribution in [1.29, 1.82) is 0 Å². The molecule has 2 rings (SSSR count). The smallest absolute Gasteiger partial charge is 0.267 e. The second kappa shape index (κ2) is 8.55. The van der Waals surface area contributed by atoms with E-state index in [0.717, 1.165) is 0 Å². The molecule has 0 aliphatic heterocycles. The zero-order valence-corrected chi connectivity index (χ0v) is 17.4. The predicted octanol–water partition coefficient (Wildman–Crippen LogP) is 0.244. The fraction of sp³-hybridized carbons (Fsp3) is 0.111. The third-order valence-electron chi connectivity index (χ3n) is 3.63. The highest BCUT2D eigenvalue weighted by molar-refractivity contribution is 7.90. The molecule has 0 aliphatic rings. The SMILES string of the molecule is CS(=O)(=O)N(C(=O)C(=O)N(C(=O)c1ccccc1)S(C)(=O)=O)C(=O)c1ccccc1. The van der Waals surface area contributed by atoms with Gasteiger partial charge in [-0.05, 0) is 24.3 Å². The highest BCUT2D eigenvalue weighted by Gasteiger charge is 2.43. The first-order valence-electron chi connectivity index (χ1n) is 8.13. The monoisotopic (exact) mass is 452 g/mol. The standard InChI is InChI=1S/C18H16N2O8S2/c1-29(25,26)19(15(21)13-9-5-3-6-10-13)17(23)18(24)20(30(2,27)28)16(22)14-11-7-4-8-12-14/h3-12H,1-2H3. The van der Waals surface area contributed by atoms with Crippen molar-refractivity contribution in [1.82, 2.24) is 8.61 Å². The molecule has 0 N–H and O–H groups in total. The summed E-state index contributed by atoms with van der Waals surface area (Å²) in [6.07, 6.45) is 0.978. The quantitative estimate of drug-likeness (QED) is 0.601. The lowest BCUT2D eigenvalue weighted by atomic mass is 10.2. The summed E-state index contributed by atoms with van der Waals surface area (Å²) in [4.78, 5) is 50.4. The minimum absolute atomic E-state index is 0.246. The molecule has 0 fully saturated rings. The molecule has 30 heavy (non-hydrogen) atoms. The molecular weight excluding hydrogens is 436 g/mol. The van der Waals surface area contributed by atoms with Crippen LogP contribution in [0.1, 0.15) is 20.7 Å². The van der Waals surface area contributed by atoms with Gasteiger partial charge in [-0.3, -0.25) is 19.2 Å². The number of imide groups is 2. The lowest BCUT2D eigenvalue weighted by Crippen LogP contribution is -2.52. The van der Waals surface area contributed by atoms with Crippen LogP contribution in [0.4, 0.5) is 0 Å². The average Bonchev–Trinajstić information content (AvgIpc) is 2.67. The number of nitrogens with zero attached hydrogens (tertiary/aromatic N) is 2. The number of sulfonamides is 2. The third kappa shape index (κ3) is 4.96. The van der Waals surface area contributed by atoms with E-state index in [-0.39, 0.29) is 19.7 Å². The van der Waals surface area contributed by atoms with Crippen LogP contribution in [0.15, 0.2) is 60.7 Å². The van der Waals surface area contributed by atoms with E-state index in [9.17, 15) is 36.0 Å². The Morgan fingerprint density at radius 3 is 1.07 bits per heavy atom. The van der Waals surface area contributed by atoms with E-state index in [1.807, 2.05) is 0 Å². The van der Waals surface area contributed by atoms with Crippen molar-refractivity contribution < 1.29 is 36.0 Å². The molecule has 0 bridgehead atoms. The fourth-order valence-corrected chi connectivity index (χ4v) is 3.93. The number of amides is 4. The van der Waals surface area contributed by atoms with E-state index < -0.39 is 43.7 Å². The Bertz CT molecular complexity index is 1110. The summed E-state index contributed by atoms with van der Waals surface area (Å²) in [5.41, 5.74) is -0.492. The molecule has 0 radical (unpaired) electrons. The number of benzene rings is 2. The Hall–Kier alpha value is -3.38. The minimum Gasteiger partial charge on any atom is -0.267 e. The second-order valence-corrected chi connectivity index (χ2v) is 9.67. The zero-order chi connectivity index (χ0) is 22.7. The third-order valence-corrected chi connectivity index (χ3v) is 5.62. The summed E-state index contributed by atoms with van der Waals surface area (Å²) in [6.45, 7) is 0. The van der Waals surface area contributed by atoms with Gasteiger partial charge in [-0.2, -0.15) is 8.61 Å². The Kier molecular flexibility index (Phi) is 6.53. The molecule has 0 heterocycles. The van der Waals surface area contributed by atoms with Crippen molar-refractivity contribution in [2.24, 2.45) is 0 Å². The van der Waals surface area contributed by atoms with Crippen LogP contribution in [-0.2, 0) is 29.6 Å². The van der Waals surface area contributed by atoms with Gasteiger partial charge in [-0.15, -0.1) is 0 Å². The van der Waals surface area contributed by atoms with E-state index in [1.54, 1.807) is 0 Å². The molecule has 12 heteroatoms. The average molecular weight is 452 g/mol. The van der Waals surface area contributed by atoms with E-state index >= 15 is 0 Å². The van der Waals surface area contributed by atoms with E-state index in [4.69, 9.17) is 0 Å². The molecule has 0 saturated heterocycles. The number of rotatable bonds is 4. The van der Waals surface area contributed by atoms with Crippen LogP contribution in [0, 0.1) is 0 Å². The molecule has 0 aliphatic carbocycles. The van der Waals surface area contributed by atoms with Crippen LogP contribution in [0.3, 0.4) is 0 Å². The van der Waals surface area contributed by atoms with Crippen LogP contribution in [0.25, 0.3) is 0 Å². The van der Waals surface area contributed by atoms with E-state index in [0.29, 0.717) is 12.5 Å². The Balaban J connectivity index is 2.54. The highest BCUT2D eigenvalue weighted by Crippen LogP contribution is 2.14.